The van der Waals surface area contributed by atoms with Crippen LogP contribution in [0.1, 0.15) is 245 Å². The van der Waals surface area contributed by atoms with Gasteiger partial charge in [-0.15, -0.1) is 0 Å². The first-order valence-corrected chi connectivity index (χ1v) is 24.2. The minimum Gasteiger partial charge on any atom is -0.466 e. The maximum Gasteiger partial charge on any atom is 0.305 e. The van der Waals surface area contributed by atoms with Gasteiger partial charge in [0.15, 0.2) is 0 Å². The fraction of sp³-hybridized carbons (Fsp3) is 0.840. The second-order valence-electron chi connectivity index (χ2n) is 16.4. The summed E-state index contributed by atoms with van der Waals surface area (Å²) in [4.78, 5) is 24.4. The van der Waals surface area contributed by atoms with E-state index in [4.69, 9.17) is 4.74 Å². The molecule has 56 heavy (non-hydrogen) atoms. The molecule has 1 amide bonds. The van der Waals surface area contributed by atoms with Gasteiger partial charge in [0.25, 0.3) is 0 Å². The van der Waals surface area contributed by atoms with Crippen molar-refractivity contribution in [1.29, 1.82) is 0 Å². The summed E-state index contributed by atoms with van der Waals surface area (Å²) in [6, 6.07) is -0.561. The summed E-state index contributed by atoms with van der Waals surface area (Å²) >= 11 is 0. The summed E-state index contributed by atoms with van der Waals surface area (Å²) in [6.07, 6.45) is 53.9. The Hall–Kier alpha value is -1.92. The first-order valence-electron chi connectivity index (χ1n) is 24.2. The van der Waals surface area contributed by atoms with Crippen LogP contribution in [0.5, 0.6) is 0 Å². The maximum absolute atomic E-state index is 12.4. The van der Waals surface area contributed by atoms with Crippen LogP contribution < -0.4 is 5.32 Å². The number of unbranched alkanes of at least 4 members (excludes halogenated alkanes) is 27. The molecule has 0 aliphatic heterocycles. The highest BCUT2D eigenvalue weighted by Gasteiger charge is 2.20. The fourth-order valence-electron chi connectivity index (χ4n) is 7.13. The molecule has 0 heterocycles. The minimum atomic E-state index is -0.680. The van der Waals surface area contributed by atoms with Crippen LogP contribution in [-0.4, -0.2) is 47.4 Å². The number of hydrogen-bond donors (Lipinski definition) is 3. The first-order chi connectivity index (χ1) is 27.5. The quantitative estimate of drug-likeness (QED) is 0.0325. The average Bonchev–Trinajstić information content (AvgIpc) is 3.20. The van der Waals surface area contributed by atoms with Gasteiger partial charge >= 0.3 is 5.97 Å². The van der Waals surface area contributed by atoms with Gasteiger partial charge < -0.3 is 20.3 Å². The fourth-order valence-corrected chi connectivity index (χ4v) is 7.13. The minimum absolute atomic E-state index is 0.0275. The number of rotatable bonds is 44. The van der Waals surface area contributed by atoms with E-state index >= 15 is 0 Å². The molecule has 2 atom stereocenters. The van der Waals surface area contributed by atoms with E-state index in [9.17, 15) is 19.8 Å². The zero-order valence-corrected chi connectivity index (χ0v) is 37.1. The Labute approximate surface area is 347 Å². The molecular formula is C50H93NO5. The highest BCUT2D eigenvalue weighted by Crippen LogP contribution is 2.15. The van der Waals surface area contributed by atoms with Crippen molar-refractivity contribution in [3.63, 3.8) is 0 Å². The summed E-state index contributed by atoms with van der Waals surface area (Å²) in [5, 5.41) is 23.1. The summed E-state index contributed by atoms with van der Waals surface area (Å²) in [7, 11) is 0. The number of aliphatic hydroxyl groups is 2. The van der Waals surface area contributed by atoms with E-state index < -0.39 is 12.1 Å². The van der Waals surface area contributed by atoms with Gasteiger partial charge in [-0.25, -0.2) is 0 Å². The molecule has 0 fully saturated rings. The van der Waals surface area contributed by atoms with Crippen LogP contribution >= 0.6 is 0 Å². The van der Waals surface area contributed by atoms with Gasteiger partial charge in [-0.1, -0.05) is 185 Å². The summed E-state index contributed by atoms with van der Waals surface area (Å²) in [5.41, 5.74) is 0. The number of esters is 1. The molecule has 0 saturated heterocycles. The highest BCUT2D eigenvalue weighted by atomic mass is 16.5. The van der Waals surface area contributed by atoms with Crippen LogP contribution in [-0.2, 0) is 14.3 Å². The molecule has 0 saturated carbocycles. The van der Waals surface area contributed by atoms with E-state index in [0.29, 0.717) is 25.9 Å². The van der Waals surface area contributed by atoms with Crippen molar-refractivity contribution in [2.24, 2.45) is 0 Å². The summed E-state index contributed by atoms with van der Waals surface area (Å²) in [5.74, 6) is -0.0957. The smallest absolute Gasteiger partial charge is 0.305 e. The molecule has 0 radical (unpaired) electrons. The highest BCUT2D eigenvalue weighted by molar-refractivity contribution is 5.76. The lowest BCUT2D eigenvalue weighted by atomic mass is 10.0. The van der Waals surface area contributed by atoms with Crippen molar-refractivity contribution in [3.8, 4) is 0 Å². The second kappa shape index (κ2) is 45.8. The molecule has 0 spiro atoms. The lowest BCUT2D eigenvalue weighted by Crippen LogP contribution is -2.45. The lowest BCUT2D eigenvalue weighted by Gasteiger charge is -2.22. The van der Waals surface area contributed by atoms with E-state index in [-0.39, 0.29) is 18.5 Å². The number of allylic oxidation sites excluding steroid dienone is 6. The van der Waals surface area contributed by atoms with Gasteiger partial charge in [-0.2, -0.15) is 0 Å². The number of hydrogen-bond acceptors (Lipinski definition) is 5. The molecule has 2 unspecified atom stereocenters. The third kappa shape index (κ3) is 41.7. The van der Waals surface area contributed by atoms with Gasteiger partial charge in [0.05, 0.1) is 25.4 Å². The SMILES string of the molecule is CCCCC/C=C\C/C=C\CCCCCCCC(=O)OCCCCCCCC/C=C\CCCCCC(=O)NC(CO)C(O)CCCCCCCCCCCCC. The lowest BCUT2D eigenvalue weighted by molar-refractivity contribution is -0.143. The normalized spacial score (nSPS) is 13.0. The van der Waals surface area contributed by atoms with Crippen LogP contribution in [0.4, 0.5) is 0 Å². The monoisotopic (exact) mass is 788 g/mol. The molecule has 0 aromatic carbocycles. The first kappa shape index (κ1) is 54.1. The average molecular weight is 788 g/mol. The van der Waals surface area contributed by atoms with Gasteiger partial charge in [-0.3, -0.25) is 9.59 Å². The largest absolute Gasteiger partial charge is 0.466 e. The van der Waals surface area contributed by atoms with E-state index in [0.717, 1.165) is 83.5 Å². The number of ether oxygens (including phenoxy) is 1. The molecule has 6 heteroatoms. The van der Waals surface area contributed by atoms with Crippen molar-refractivity contribution in [2.45, 2.75) is 257 Å². The van der Waals surface area contributed by atoms with E-state index in [2.05, 4.69) is 55.6 Å². The summed E-state index contributed by atoms with van der Waals surface area (Å²) < 4.78 is 5.44. The van der Waals surface area contributed by atoms with Gasteiger partial charge in [0, 0.05) is 12.8 Å². The van der Waals surface area contributed by atoms with Crippen molar-refractivity contribution in [1.82, 2.24) is 5.32 Å². The number of carbonyl (C=O) groups excluding carboxylic acids is 2. The molecule has 6 nitrogen and oxygen atoms in total. The second-order valence-corrected chi connectivity index (χ2v) is 16.4. The topological polar surface area (TPSA) is 95.9 Å². The van der Waals surface area contributed by atoms with Gasteiger partial charge in [0.2, 0.25) is 5.91 Å². The van der Waals surface area contributed by atoms with E-state index in [1.165, 1.54) is 128 Å². The Bertz CT molecular complexity index is 915. The number of nitrogens with one attached hydrogen (secondary N) is 1. The van der Waals surface area contributed by atoms with E-state index in [1.807, 2.05) is 0 Å². The molecule has 0 aromatic heterocycles. The van der Waals surface area contributed by atoms with Gasteiger partial charge in [0.1, 0.15) is 0 Å². The molecule has 3 N–H and O–H groups in total. The Kier molecular flexibility index (Phi) is 44.2. The van der Waals surface area contributed by atoms with Gasteiger partial charge in [-0.05, 0) is 83.5 Å². The predicted molar refractivity (Wildman–Crippen MR) is 241 cm³/mol. The molecule has 0 aromatic rings. The standard InChI is InChI=1S/C50H93NO5/c1-3-5-7-9-11-13-15-16-17-20-24-28-32-36-40-44-50(55)56-45-41-37-33-29-25-21-18-19-23-27-31-35-39-43-49(54)51-47(46-52)48(53)42-38-34-30-26-22-14-12-10-8-6-4-2/h11,13,16-17,19,23,47-48,52-53H,3-10,12,14-15,18,20-22,24-46H2,1-2H3,(H,51,54)/b13-11-,17-16-,23-19-. The Morgan fingerprint density at radius 1 is 0.500 bits per heavy atom. The molecule has 0 rings (SSSR count). The zero-order chi connectivity index (χ0) is 40.8. The van der Waals surface area contributed by atoms with Crippen LogP contribution in [0, 0.1) is 0 Å². The van der Waals surface area contributed by atoms with Crippen LogP contribution in [0.25, 0.3) is 0 Å². The maximum atomic E-state index is 12.4. The van der Waals surface area contributed by atoms with Crippen LogP contribution in [0.2, 0.25) is 0 Å². The van der Waals surface area contributed by atoms with Crippen molar-refractivity contribution in [3.05, 3.63) is 36.5 Å². The van der Waals surface area contributed by atoms with Crippen LogP contribution in [0.3, 0.4) is 0 Å². The Morgan fingerprint density at radius 3 is 1.43 bits per heavy atom. The zero-order valence-electron chi connectivity index (χ0n) is 37.1. The van der Waals surface area contributed by atoms with Crippen molar-refractivity contribution >= 4 is 11.9 Å². The number of amides is 1. The molecule has 0 aliphatic rings. The van der Waals surface area contributed by atoms with E-state index in [1.54, 1.807) is 0 Å². The number of carbonyl (C=O) groups is 2. The van der Waals surface area contributed by atoms with Crippen molar-refractivity contribution < 1.29 is 24.5 Å². The molecular weight excluding hydrogens is 695 g/mol. The predicted octanol–water partition coefficient (Wildman–Crippen LogP) is 14.1. The third-order valence-electron chi connectivity index (χ3n) is 10.9. The molecule has 0 bridgehead atoms. The Balaban J connectivity index is 3.51. The molecule has 328 valence electrons. The van der Waals surface area contributed by atoms with Crippen LogP contribution in [0.15, 0.2) is 36.5 Å². The molecule has 0 aliphatic carbocycles. The third-order valence-corrected chi connectivity index (χ3v) is 10.9. The van der Waals surface area contributed by atoms with Crippen molar-refractivity contribution in [2.75, 3.05) is 13.2 Å². The number of aliphatic hydroxyl groups excluding tert-OH is 2. The summed E-state index contributed by atoms with van der Waals surface area (Å²) in [6.45, 7) is 4.85. The Morgan fingerprint density at radius 2 is 0.893 bits per heavy atom.